The molecule has 0 amide bonds. The van der Waals surface area contributed by atoms with Crippen molar-refractivity contribution in [2.75, 3.05) is 5.94 Å². The van der Waals surface area contributed by atoms with Gasteiger partial charge in [0.05, 0.1) is 12.0 Å². The number of hydrogen-bond acceptors (Lipinski definition) is 3. The Morgan fingerprint density at radius 3 is 2.60 bits per heavy atom. The number of nitriles is 1. The molecule has 0 saturated heterocycles. The summed E-state index contributed by atoms with van der Waals surface area (Å²) in [6, 6.07) is 18.1. The number of hydrogen-bond donors (Lipinski definition) is 0. The third-order valence-corrected chi connectivity index (χ3v) is 4.02. The summed E-state index contributed by atoms with van der Waals surface area (Å²) in [6.07, 6.45) is -0.506. The van der Waals surface area contributed by atoms with E-state index >= 15 is 0 Å². The molecular weight excluding hydrogens is 266 g/mol. The summed E-state index contributed by atoms with van der Waals surface area (Å²) in [5.41, 5.74) is 3.37. The van der Waals surface area contributed by atoms with Crippen LogP contribution in [0.15, 0.2) is 53.4 Å². The number of nitrogens with zero attached hydrogens (tertiary/aromatic N) is 1. The maximum atomic E-state index is 9.19. The van der Waals surface area contributed by atoms with E-state index in [-0.39, 0.29) is 0 Å². The second-order valence-electron chi connectivity index (χ2n) is 4.62. The van der Waals surface area contributed by atoms with Crippen LogP contribution < -0.4 is 0 Å². The van der Waals surface area contributed by atoms with Crippen molar-refractivity contribution in [2.24, 2.45) is 0 Å². The van der Waals surface area contributed by atoms with E-state index in [0.29, 0.717) is 5.94 Å². The highest BCUT2D eigenvalue weighted by atomic mass is 32.2. The molecule has 0 spiro atoms. The van der Waals surface area contributed by atoms with E-state index in [1.54, 1.807) is 11.8 Å². The number of rotatable bonds is 5. The fourth-order valence-corrected chi connectivity index (χ4v) is 2.76. The second-order valence-corrected chi connectivity index (χ2v) is 5.58. The standard InChI is InChI=1S/C17H17NOS/c1-13-8-9-14(2)17(10-13)20-12-19-16(11-18)15-6-4-3-5-7-15/h3-10,16H,12H2,1-2H3. The van der Waals surface area contributed by atoms with Crippen LogP contribution in [0, 0.1) is 25.2 Å². The lowest BCUT2D eigenvalue weighted by atomic mass is 10.1. The molecular formula is C17H17NOS. The lowest BCUT2D eigenvalue weighted by Gasteiger charge is -2.12. The maximum absolute atomic E-state index is 9.19. The summed E-state index contributed by atoms with van der Waals surface area (Å²) < 4.78 is 5.68. The SMILES string of the molecule is Cc1ccc(C)c(SCOC(C#N)c2ccccc2)c1. The zero-order valence-corrected chi connectivity index (χ0v) is 12.5. The molecule has 0 saturated carbocycles. The zero-order valence-electron chi connectivity index (χ0n) is 11.7. The van der Waals surface area contributed by atoms with Crippen molar-refractivity contribution in [3.05, 3.63) is 65.2 Å². The summed E-state index contributed by atoms with van der Waals surface area (Å²) in [7, 11) is 0. The second kappa shape index (κ2) is 7.14. The Morgan fingerprint density at radius 1 is 1.15 bits per heavy atom. The minimum atomic E-state index is -0.506. The number of benzene rings is 2. The number of ether oxygens (including phenoxy) is 1. The van der Waals surface area contributed by atoms with E-state index in [9.17, 15) is 5.26 Å². The third-order valence-electron chi connectivity index (χ3n) is 3.01. The molecule has 0 radical (unpaired) electrons. The van der Waals surface area contributed by atoms with Gasteiger partial charge in [0.15, 0.2) is 6.10 Å². The van der Waals surface area contributed by atoms with E-state index in [1.165, 1.54) is 16.0 Å². The van der Waals surface area contributed by atoms with Gasteiger partial charge in [0.25, 0.3) is 0 Å². The van der Waals surface area contributed by atoms with E-state index in [4.69, 9.17) is 4.74 Å². The van der Waals surface area contributed by atoms with Crippen LogP contribution in [0.3, 0.4) is 0 Å². The van der Waals surface area contributed by atoms with Gasteiger partial charge in [-0.2, -0.15) is 5.26 Å². The molecule has 3 heteroatoms. The fourth-order valence-electron chi connectivity index (χ4n) is 1.86. The van der Waals surface area contributed by atoms with Crippen molar-refractivity contribution in [1.29, 1.82) is 5.26 Å². The molecule has 2 rings (SSSR count). The number of aryl methyl sites for hydroxylation is 2. The van der Waals surface area contributed by atoms with Gasteiger partial charge >= 0.3 is 0 Å². The van der Waals surface area contributed by atoms with Crippen LogP contribution in [0.5, 0.6) is 0 Å². The van der Waals surface area contributed by atoms with Crippen molar-refractivity contribution in [1.82, 2.24) is 0 Å². The van der Waals surface area contributed by atoms with Gasteiger partial charge < -0.3 is 4.74 Å². The summed E-state index contributed by atoms with van der Waals surface area (Å²) in [5.74, 6) is 0.470. The first-order valence-corrected chi connectivity index (χ1v) is 7.45. The van der Waals surface area contributed by atoms with Gasteiger partial charge in [-0.15, -0.1) is 0 Å². The average Bonchev–Trinajstić information content (AvgIpc) is 2.48. The minimum Gasteiger partial charge on any atom is -0.348 e. The summed E-state index contributed by atoms with van der Waals surface area (Å²) >= 11 is 1.63. The molecule has 0 aromatic heterocycles. The predicted molar refractivity (Wildman–Crippen MR) is 82.5 cm³/mol. The van der Waals surface area contributed by atoms with Crippen LogP contribution in [0.25, 0.3) is 0 Å². The lowest BCUT2D eigenvalue weighted by Crippen LogP contribution is -2.01. The third kappa shape index (κ3) is 3.86. The largest absolute Gasteiger partial charge is 0.348 e. The van der Waals surface area contributed by atoms with Gasteiger partial charge in [-0.1, -0.05) is 54.2 Å². The highest BCUT2D eigenvalue weighted by Gasteiger charge is 2.10. The van der Waals surface area contributed by atoms with E-state index in [2.05, 4.69) is 38.1 Å². The molecule has 0 fully saturated rings. The Balaban J connectivity index is 1.95. The molecule has 0 aliphatic carbocycles. The first-order chi connectivity index (χ1) is 9.70. The topological polar surface area (TPSA) is 33.0 Å². The average molecular weight is 283 g/mol. The molecule has 2 aromatic carbocycles. The Kier molecular flexibility index (Phi) is 5.23. The normalized spacial score (nSPS) is 11.8. The molecule has 1 atom stereocenters. The van der Waals surface area contributed by atoms with Crippen LogP contribution in [-0.2, 0) is 4.74 Å². The fraction of sp³-hybridized carbons (Fsp3) is 0.235. The summed E-state index contributed by atoms with van der Waals surface area (Å²) in [6.45, 7) is 4.16. The van der Waals surface area contributed by atoms with E-state index in [1.807, 2.05) is 30.3 Å². The molecule has 0 heterocycles. The van der Waals surface area contributed by atoms with Crippen molar-refractivity contribution in [3.8, 4) is 6.07 Å². The lowest BCUT2D eigenvalue weighted by molar-refractivity contribution is 0.134. The van der Waals surface area contributed by atoms with Gasteiger partial charge in [0.1, 0.15) is 0 Å². The molecule has 0 aliphatic rings. The molecule has 2 aromatic rings. The highest BCUT2D eigenvalue weighted by Crippen LogP contribution is 2.26. The minimum absolute atomic E-state index is 0.470. The van der Waals surface area contributed by atoms with Crippen molar-refractivity contribution < 1.29 is 4.74 Å². The highest BCUT2D eigenvalue weighted by molar-refractivity contribution is 7.99. The molecule has 0 aliphatic heterocycles. The Morgan fingerprint density at radius 2 is 1.90 bits per heavy atom. The van der Waals surface area contributed by atoms with Crippen molar-refractivity contribution in [2.45, 2.75) is 24.8 Å². The first kappa shape index (κ1) is 14.6. The van der Waals surface area contributed by atoms with Crippen molar-refractivity contribution in [3.63, 3.8) is 0 Å². The molecule has 20 heavy (non-hydrogen) atoms. The van der Waals surface area contributed by atoms with Gasteiger partial charge in [-0.25, -0.2) is 0 Å². The van der Waals surface area contributed by atoms with Crippen LogP contribution in [0.1, 0.15) is 22.8 Å². The van der Waals surface area contributed by atoms with Gasteiger partial charge in [0.2, 0.25) is 0 Å². The smallest absolute Gasteiger partial charge is 0.170 e. The van der Waals surface area contributed by atoms with E-state index < -0.39 is 6.10 Å². The zero-order chi connectivity index (χ0) is 14.4. The van der Waals surface area contributed by atoms with Crippen LogP contribution >= 0.6 is 11.8 Å². The molecule has 0 bridgehead atoms. The molecule has 102 valence electrons. The molecule has 2 nitrogen and oxygen atoms in total. The van der Waals surface area contributed by atoms with Gasteiger partial charge in [0, 0.05) is 4.90 Å². The van der Waals surface area contributed by atoms with Crippen LogP contribution in [-0.4, -0.2) is 5.94 Å². The Hall–Kier alpha value is -1.76. The molecule has 1 unspecified atom stereocenters. The van der Waals surface area contributed by atoms with Gasteiger partial charge in [-0.3, -0.25) is 0 Å². The maximum Gasteiger partial charge on any atom is 0.170 e. The Labute approximate surface area is 124 Å². The van der Waals surface area contributed by atoms with Crippen LogP contribution in [0.2, 0.25) is 0 Å². The summed E-state index contributed by atoms with van der Waals surface area (Å²) in [5, 5.41) is 9.19. The van der Waals surface area contributed by atoms with Gasteiger partial charge in [-0.05, 0) is 36.6 Å². The monoisotopic (exact) mass is 283 g/mol. The summed E-state index contributed by atoms with van der Waals surface area (Å²) in [4.78, 5) is 1.20. The molecule has 0 N–H and O–H groups in total. The van der Waals surface area contributed by atoms with Crippen LogP contribution in [0.4, 0.5) is 0 Å². The first-order valence-electron chi connectivity index (χ1n) is 6.47. The van der Waals surface area contributed by atoms with E-state index in [0.717, 1.165) is 5.56 Å². The predicted octanol–water partition coefficient (Wildman–Crippen LogP) is 4.63. The number of thioether (sulfide) groups is 1. The Bertz CT molecular complexity index is 604. The van der Waals surface area contributed by atoms with Crippen molar-refractivity contribution >= 4 is 11.8 Å². The quantitative estimate of drug-likeness (QED) is 0.592.